The van der Waals surface area contributed by atoms with Crippen LogP contribution in [0.5, 0.6) is 0 Å². The summed E-state index contributed by atoms with van der Waals surface area (Å²) in [7, 11) is 0. The highest BCUT2D eigenvalue weighted by molar-refractivity contribution is 8.00. The first-order valence-corrected chi connectivity index (χ1v) is 8.24. The number of rotatable bonds is 6. The molecule has 0 saturated carbocycles. The minimum absolute atomic E-state index is 0.000165. The van der Waals surface area contributed by atoms with Gasteiger partial charge in [-0.2, -0.15) is 0 Å². The highest BCUT2D eigenvalue weighted by Crippen LogP contribution is 2.24. The fraction of sp³-hybridized carbons (Fsp3) is 0.375. The third-order valence-electron chi connectivity index (χ3n) is 3.31. The summed E-state index contributed by atoms with van der Waals surface area (Å²) in [6.45, 7) is 7.41. The zero-order chi connectivity index (χ0) is 17.0. The van der Waals surface area contributed by atoms with Crippen molar-refractivity contribution in [2.24, 2.45) is 0 Å². The standard InChI is InChI=1S/C16H20N4O2S/c1-10(2)20-9-17-19-16(20)23-12(4)15(22)18-14-7-5-13(6-8-14)11(3)21/h5-10,12H,1-4H3,(H,18,22). The Morgan fingerprint density at radius 3 is 2.39 bits per heavy atom. The summed E-state index contributed by atoms with van der Waals surface area (Å²) in [5.41, 5.74) is 1.29. The molecule has 1 amide bonds. The molecule has 0 aliphatic heterocycles. The molecule has 7 heteroatoms. The average Bonchev–Trinajstić information content (AvgIpc) is 2.96. The second-order valence-electron chi connectivity index (χ2n) is 5.50. The van der Waals surface area contributed by atoms with Gasteiger partial charge in [-0.05, 0) is 52.0 Å². The van der Waals surface area contributed by atoms with E-state index in [2.05, 4.69) is 15.5 Å². The molecule has 1 heterocycles. The van der Waals surface area contributed by atoms with Gasteiger partial charge in [0.15, 0.2) is 10.9 Å². The summed E-state index contributed by atoms with van der Waals surface area (Å²) in [5.74, 6) is -0.122. The van der Waals surface area contributed by atoms with E-state index in [-0.39, 0.29) is 23.0 Å². The van der Waals surface area contributed by atoms with Crippen LogP contribution in [-0.4, -0.2) is 31.7 Å². The molecule has 0 aliphatic rings. The molecule has 1 unspecified atom stereocenters. The van der Waals surface area contributed by atoms with E-state index in [1.54, 1.807) is 30.6 Å². The molecule has 1 N–H and O–H groups in total. The summed E-state index contributed by atoms with van der Waals surface area (Å²) in [4.78, 5) is 23.5. The second-order valence-corrected chi connectivity index (χ2v) is 6.81. The smallest absolute Gasteiger partial charge is 0.237 e. The number of nitrogens with zero attached hydrogens (tertiary/aromatic N) is 3. The summed E-state index contributed by atoms with van der Waals surface area (Å²) >= 11 is 1.36. The largest absolute Gasteiger partial charge is 0.325 e. The Morgan fingerprint density at radius 2 is 1.83 bits per heavy atom. The van der Waals surface area contributed by atoms with E-state index in [1.165, 1.54) is 18.7 Å². The van der Waals surface area contributed by atoms with Crippen LogP contribution < -0.4 is 5.32 Å². The van der Waals surface area contributed by atoms with E-state index in [1.807, 2.05) is 25.3 Å². The lowest BCUT2D eigenvalue weighted by Gasteiger charge is -2.14. The number of anilines is 1. The van der Waals surface area contributed by atoms with Gasteiger partial charge in [0.05, 0.1) is 5.25 Å². The SMILES string of the molecule is CC(=O)c1ccc(NC(=O)C(C)Sc2nncn2C(C)C)cc1. The number of ketones is 1. The van der Waals surface area contributed by atoms with Crippen LogP contribution in [0.15, 0.2) is 35.7 Å². The van der Waals surface area contributed by atoms with E-state index in [4.69, 9.17) is 0 Å². The number of aromatic nitrogens is 3. The van der Waals surface area contributed by atoms with E-state index in [0.717, 1.165) is 5.16 Å². The molecular formula is C16H20N4O2S. The maximum absolute atomic E-state index is 12.3. The molecule has 0 radical (unpaired) electrons. The number of hydrogen-bond acceptors (Lipinski definition) is 5. The van der Waals surface area contributed by atoms with Gasteiger partial charge in [0.25, 0.3) is 0 Å². The lowest BCUT2D eigenvalue weighted by molar-refractivity contribution is -0.115. The van der Waals surface area contributed by atoms with Gasteiger partial charge in [-0.25, -0.2) is 0 Å². The molecule has 0 spiro atoms. The predicted molar refractivity (Wildman–Crippen MR) is 90.8 cm³/mol. The minimum atomic E-state index is -0.316. The zero-order valence-corrected chi connectivity index (χ0v) is 14.4. The van der Waals surface area contributed by atoms with Crippen LogP contribution in [0.1, 0.15) is 44.1 Å². The average molecular weight is 332 g/mol. The number of hydrogen-bond donors (Lipinski definition) is 1. The molecule has 1 atom stereocenters. The lowest BCUT2D eigenvalue weighted by atomic mass is 10.1. The molecule has 6 nitrogen and oxygen atoms in total. The van der Waals surface area contributed by atoms with E-state index in [0.29, 0.717) is 11.3 Å². The summed E-state index contributed by atoms with van der Waals surface area (Å²) in [5, 5.41) is 11.2. The van der Waals surface area contributed by atoms with Gasteiger partial charge in [0, 0.05) is 17.3 Å². The first-order chi connectivity index (χ1) is 10.9. The number of Topliss-reactive ketones (excluding diaryl/α,β-unsaturated/α-hetero) is 1. The molecular weight excluding hydrogens is 312 g/mol. The lowest BCUT2D eigenvalue weighted by Crippen LogP contribution is -2.23. The van der Waals surface area contributed by atoms with Crippen molar-refractivity contribution in [1.82, 2.24) is 14.8 Å². The Morgan fingerprint density at radius 1 is 1.17 bits per heavy atom. The molecule has 2 rings (SSSR count). The molecule has 0 aliphatic carbocycles. The molecule has 1 aromatic heterocycles. The van der Waals surface area contributed by atoms with Crippen molar-refractivity contribution in [3.8, 4) is 0 Å². The van der Waals surface area contributed by atoms with Crippen molar-refractivity contribution >= 4 is 29.1 Å². The van der Waals surface area contributed by atoms with Crippen molar-refractivity contribution in [2.45, 2.75) is 44.1 Å². The number of thioether (sulfide) groups is 1. The highest BCUT2D eigenvalue weighted by Gasteiger charge is 2.18. The number of carbonyl (C=O) groups is 2. The van der Waals surface area contributed by atoms with Crippen molar-refractivity contribution in [3.63, 3.8) is 0 Å². The Hall–Kier alpha value is -2.15. The fourth-order valence-corrected chi connectivity index (χ4v) is 2.87. The van der Waals surface area contributed by atoms with Crippen LogP contribution in [-0.2, 0) is 4.79 Å². The fourth-order valence-electron chi connectivity index (χ4n) is 1.91. The molecule has 2 aromatic rings. The van der Waals surface area contributed by atoms with Crippen molar-refractivity contribution in [1.29, 1.82) is 0 Å². The molecule has 1 aromatic carbocycles. The van der Waals surface area contributed by atoms with Gasteiger partial charge >= 0.3 is 0 Å². The molecule has 0 saturated heterocycles. The number of carbonyl (C=O) groups excluding carboxylic acids is 2. The summed E-state index contributed by atoms with van der Waals surface area (Å²) in [6.07, 6.45) is 1.66. The molecule has 0 fully saturated rings. The third-order valence-corrected chi connectivity index (χ3v) is 4.38. The Labute approximate surface area is 139 Å². The third kappa shape index (κ3) is 4.41. The van der Waals surface area contributed by atoms with E-state index in [9.17, 15) is 9.59 Å². The maximum atomic E-state index is 12.3. The van der Waals surface area contributed by atoms with Crippen LogP contribution in [0.25, 0.3) is 0 Å². The van der Waals surface area contributed by atoms with Crippen LogP contribution >= 0.6 is 11.8 Å². The normalized spacial score (nSPS) is 12.2. The quantitative estimate of drug-likeness (QED) is 0.649. The minimum Gasteiger partial charge on any atom is -0.325 e. The Kier molecular flexibility index (Phi) is 5.54. The topological polar surface area (TPSA) is 76.9 Å². The van der Waals surface area contributed by atoms with Crippen molar-refractivity contribution < 1.29 is 9.59 Å². The summed E-state index contributed by atoms with van der Waals surface area (Å²) in [6, 6.07) is 7.09. The maximum Gasteiger partial charge on any atom is 0.237 e. The summed E-state index contributed by atoms with van der Waals surface area (Å²) < 4.78 is 1.93. The zero-order valence-electron chi connectivity index (χ0n) is 13.6. The van der Waals surface area contributed by atoms with Gasteiger partial charge in [-0.1, -0.05) is 11.8 Å². The highest BCUT2D eigenvalue weighted by atomic mass is 32.2. The first-order valence-electron chi connectivity index (χ1n) is 7.36. The predicted octanol–water partition coefficient (Wildman–Crippen LogP) is 3.18. The van der Waals surface area contributed by atoms with Crippen LogP contribution in [0.4, 0.5) is 5.69 Å². The van der Waals surface area contributed by atoms with Gasteiger partial charge in [0.2, 0.25) is 5.91 Å². The van der Waals surface area contributed by atoms with Gasteiger partial charge < -0.3 is 9.88 Å². The monoisotopic (exact) mass is 332 g/mol. The Bertz CT molecular complexity index is 694. The number of nitrogens with one attached hydrogen (secondary N) is 1. The second kappa shape index (κ2) is 7.41. The molecule has 0 bridgehead atoms. The molecule has 23 heavy (non-hydrogen) atoms. The van der Waals surface area contributed by atoms with Crippen molar-refractivity contribution in [3.05, 3.63) is 36.2 Å². The van der Waals surface area contributed by atoms with Crippen molar-refractivity contribution in [2.75, 3.05) is 5.32 Å². The van der Waals surface area contributed by atoms with Gasteiger partial charge in [-0.15, -0.1) is 10.2 Å². The Balaban J connectivity index is 1.99. The first kappa shape index (κ1) is 17.2. The number of amides is 1. The van der Waals surface area contributed by atoms with Crippen LogP contribution in [0, 0.1) is 0 Å². The molecule has 122 valence electrons. The van der Waals surface area contributed by atoms with Gasteiger partial charge in [-0.3, -0.25) is 9.59 Å². The van der Waals surface area contributed by atoms with E-state index >= 15 is 0 Å². The van der Waals surface area contributed by atoms with Crippen LogP contribution in [0.3, 0.4) is 0 Å². The number of benzene rings is 1. The van der Waals surface area contributed by atoms with Gasteiger partial charge in [0.1, 0.15) is 6.33 Å². The van der Waals surface area contributed by atoms with Crippen LogP contribution in [0.2, 0.25) is 0 Å². The van der Waals surface area contributed by atoms with E-state index < -0.39 is 0 Å².